The molecular formula is C31H30ClN3O3. The van der Waals surface area contributed by atoms with Gasteiger partial charge in [0.05, 0.1) is 12.6 Å². The summed E-state index contributed by atoms with van der Waals surface area (Å²) in [5.74, 6) is 0.944. The van der Waals surface area contributed by atoms with Crippen molar-refractivity contribution in [3.05, 3.63) is 100 Å². The van der Waals surface area contributed by atoms with Crippen LogP contribution in [0.3, 0.4) is 0 Å². The van der Waals surface area contributed by atoms with Crippen LogP contribution >= 0.6 is 11.6 Å². The number of carbonyl (C=O) groups is 1. The van der Waals surface area contributed by atoms with Crippen LogP contribution in [0.4, 0.5) is 5.69 Å². The number of pyridine rings is 1. The maximum atomic E-state index is 12.4. The van der Waals surface area contributed by atoms with Gasteiger partial charge >= 0.3 is 0 Å². The summed E-state index contributed by atoms with van der Waals surface area (Å²) in [4.78, 5) is 21.3. The maximum Gasteiger partial charge on any atom is 0.160 e. The number of benzene rings is 3. The van der Waals surface area contributed by atoms with E-state index in [1.807, 2.05) is 67.6 Å². The number of nitrogens with zero attached hydrogens (tertiary/aromatic N) is 2. The fourth-order valence-electron chi connectivity index (χ4n) is 4.05. The molecular weight excluding hydrogens is 498 g/mol. The Morgan fingerprint density at radius 2 is 1.95 bits per heavy atom. The SMILES string of the molecule is COc1ccc(CC(=O)/C=C/c2cc(C)c(O)c(C=NCCCNc3ccnc4cc(Cl)ccc34)c2)cc1. The minimum absolute atomic E-state index is 0.00585. The third-order valence-electron chi connectivity index (χ3n) is 6.07. The van der Waals surface area contributed by atoms with Crippen molar-refractivity contribution in [2.75, 3.05) is 25.5 Å². The molecule has 2 N–H and O–H groups in total. The van der Waals surface area contributed by atoms with Crippen molar-refractivity contribution in [3.8, 4) is 11.5 Å². The Bertz CT molecular complexity index is 1480. The Labute approximate surface area is 227 Å². The molecule has 0 aliphatic rings. The molecule has 4 aromatic rings. The van der Waals surface area contributed by atoms with Gasteiger partial charge in [-0.25, -0.2) is 0 Å². The van der Waals surface area contributed by atoms with E-state index in [1.165, 1.54) is 0 Å². The predicted molar refractivity (Wildman–Crippen MR) is 156 cm³/mol. The number of allylic oxidation sites excluding steroid dienone is 1. The highest BCUT2D eigenvalue weighted by Gasteiger charge is 2.06. The summed E-state index contributed by atoms with van der Waals surface area (Å²) in [6, 6.07) is 18.7. The number of halogens is 1. The first-order valence-corrected chi connectivity index (χ1v) is 12.8. The summed E-state index contributed by atoms with van der Waals surface area (Å²) < 4.78 is 5.16. The molecule has 38 heavy (non-hydrogen) atoms. The number of phenols is 1. The molecule has 0 atom stereocenters. The number of methoxy groups -OCH3 is 1. The molecule has 7 heteroatoms. The topological polar surface area (TPSA) is 83.8 Å². The van der Waals surface area contributed by atoms with Crippen molar-refractivity contribution in [1.29, 1.82) is 0 Å². The van der Waals surface area contributed by atoms with Gasteiger partial charge in [0.25, 0.3) is 0 Å². The molecule has 0 unspecified atom stereocenters. The molecule has 1 heterocycles. The smallest absolute Gasteiger partial charge is 0.160 e. The van der Waals surface area contributed by atoms with Crippen LogP contribution < -0.4 is 10.1 Å². The maximum absolute atomic E-state index is 12.4. The monoisotopic (exact) mass is 527 g/mol. The number of aryl methyl sites for hydroxylation is 1. The first-order chi connectivity index (χ1) is 18.4. The third-order valence-corrected chi connectivity index (χ3v) is 6.30. The lowest BCUT2D eigenvalue weighted by atomic mass is 10.0. The van der Waals surface area contributed by atoms with Gasteiger partial charge in [0, 0.05) is 53.6 Å². The number of carbonyl (C=O) groups excluding carboxylic acids is 1. The summed E-state index contributed by atoms with van der Waals surface area (Å²) in [5.41, 5.74) is 4.95. The number of aliphatic imine (C=N–C) groups is 1. The van der Waals surface area contributed by atoms with Gasteiger partial charge in [0.2, 0.25) is 0 Å². The molecule has 194 valence electrons. The van der Waals surface area contributed by atoms with Crippen molar-refractivity contribution < 1.29 is 14.6 Å². The normalized spacial score (nSPS) is 11.4. The molecule has 0 radical (unpaired) electrons. The second kappa shape index (κ2) is 12.9. The van der Waals surface area contributed by atoms with Crippen LogP contribution in [0.15, 0.2) is 77.9 Å². The summed E-state index contributed by atoms with van der Waals surface area (Å²) in [6.45, 7) is 3.17. The van der Waals surface area contributed by atoms with Crippen molar-refractivity contribution in [2.24, 2.45) is 4.99 Å². The van der Waals surface area contributed by atoms with Crippen molar-refractivity contribution in [1.82, 2.24) is 4.98 Å². The minimum atomic E-state index is -0.00585. The molecule has 4 rings (SSSR count). The number of hydrogen-bond acceptors (Lipinski definition) is 6. The van der Waals surface area contributed by atoms with Gasteiger partial charge in [-0.15, -0.1) is 0 Å². The van der Waals surface area contributed by atoms with Gasteiger partial charge < -0.3 is 15.2 Å². The number of ketones is 1. The largest absolute Gasteiger partial charge is 0.507 e. The fraction of sp³-hybridized carbons (Fsp3) is 0.194. The van der Waals surface area contributed by atoms with E-state index in [9.17, 15) is 9.90 Å². The van der Waals surface area contributed by atoms with E-state index in [1.54, 1.807) is 31.7 Å². The number of phenolic OH excluding ortho intramolecular Hbond substituents is 1. The van der Waals surface area contributed by atoms with Crippen LogP contribution in [-0.2, 0) is 11.2 Å². The van der Waals surface area contributed by atoms with E-state index in [0.29, 0.717) is 23.6 Å². The summed E-state index contributed by atoms with van der Waals surface area (Å²) in [7, 11) is 1.61. The lowest BCUT2D eigenvalue weighted by molar-refractivity contribution is -0.113. The highest BCUT2D eigenvalue weighted by molar-refractivity contribution is 6.31. The number of nitrogens with one attached hydrogen (secondary N) is 1. The average Bonchev–Trinajstić information content (AvgIpc) is 2.92. The van der Waals surface area contributed by atoms with E-state index in [-0.39, 0.29) is 11.5 Å². The van der Waals surface area contributed by atoms with Crippen molar-refractivity contribution >= 4 is 46.3 Å². The zero-order valence-electron chi connectivity index (χ0n) is 21.4. The second-order valence-electron chi connectivity index (χ2n) is 8.94. The molecule has 0 fully saturated rings. The van der Waals surface area contributed by atoms with Crippen LogP contribution in [0.2, 0.25) is 5.02 Å². The molecule has 0 saturated heterocycles. The average molecular weight is 528 g/mol. The fourth-order valence-corrected chi connectivity index (χ4v) is 4.22. The molecule has 0 aliphatic carbocycles. The van der Waals surface area contributed by atoms with Crippen molar-refractivity contribution in [3.63, 3.8) is 0 Å². The Kier molecular flexibility index (Phi) is 9.11. The molecule has 0 bridgehead atoms. The van der Waals surface area contributed by atoms with Crippen LogP contribution in [-0.4, -0.2) is 42.3 Å². The molecule has 6 nitrogen and oxygen atoms in total. The van der Waals surface area contributed by atoms with E-state index < -0.39 is 0 Å². The molecule has 0 aliphatic heterocycles. The first-order valence-electron chi connectivity index (χ1n) is 12.4. The van der Waals surface area contributed by atoms with E-state index in [4.69, 9.17) is 16.3 Å². The summed E-state index contributed by atoms with van der Waals surface area (Å²) in [6.07, 6.45) is 7.91. The van der Waals surface area contributed by atoms with Gasteiger partial charge in [-0.05, 0) is 84.6 Å². The van der Waals surface area contributed by atoms with Crippen LogP contribution in [0.5, 0.6) is 11.5 Å². The third kappa shape index (κ3) is 7.20. The number of rotatable bonds is 11. The molecule has 0 amide bonds. The Morgan fingerprint density at radius 1 is 1.13 bits per heavy atom. The predicted octanol–water partition coefficient (Wildman–Crippen LogP) is 6.66. The number of aromatic nitrogens is 1. The zero-order chi connectivity index (χ0) is 26.9. The van der Waals surface area contributed by atoms with Crippen LogP contribution in [0.25, 0.3) is 17.0 Å². The number of ether oxygens (including phenoxy) is 1. The lowest BCUT2D eigenvalue weighted by Gasteiger charge is -2.09. The number of fused-ring (bicyclic) bond motifs is 1. The van der Waals surface area contributed by atoms with E-state index in [2.05, 4.69) is 15.3 Å². The van der Waals surface area contributed by atoms with Crippen LogP contribution in [0, 0.1) is 6.92 Å². The summed E-state index contributed by atoms with van der Waals surface area (Å²) >= 11 is 6.07. The number of hydrogen-bond donors (Lipinski definition) is 2. The zero-order valence-corrected chi connectivity index (χ0v) is 22.2. The van der Waals surface area contributed by atoms with Crippen molar-refractivity contribution in [2.45, 2.75) is 19.8 Å². The Morgan fingerprint density at radius 3 is 2.74 bits per heavy atom. The van der Waals surface area contributed by atoms with Gasteiger partial charge in [-0.1, -0.05) is 29.8 Å². The van der Waals surface area contributed by atoms with Gasteiger partial charge in [-0.3, -0.25) is 14.8 Å². The molecule has 0 spiro atoms. The Hall–Kier alpha value is -4.16. The Balaban J connectivity index is 1.31. The number of anilines is 1. The minimum Gasteiger partial charge on any atom is -0.507 e. The summed E-state index contributed by atoms with van der Waals surface area (Å²) in [5, 5.41) is 15.6. The molecule has 0 saturated carbocycles. The van der Waals surface area contributed by atoms with Gasteiger partial charge in [0.15, 0.2) is 5.78 Å². The van der Waals surface area contributed by atoms with Crippen LogP contribution in [0.1, 0.15) is 28.7 Å². The molecule has 1 aromatic heterocycles. The lowest BCUT2D eigenvalue weighted by Crippen LogP contribution is -2.04. The van der Waals surface area contributed by atoms with Gasteiger partial charge in [0.1, 0.15) is 11.5 Å². The van der Waals surface area contributed by atoms with Gasteiger partial charge in [-0.2, -0.15) is 0 Å². The molecule has 3 aromatic carbocycles. The second-order valence-corrected chi connectivity index (χ2v) is 9.37. The van der Waals surface area contributed by atoms with E-state index in [0.717, 1.165) is 52.0 Å². The first kappa shape index (κ1) is 26.9. The van der Waals surface area contributed by atoms with E-state index >= 15 is 0 Å². The highest BCUT2D eigenvalue weighted by atomic mass is 35.5. The quantitative estimate of drug-likeness (QED) is 0.129. The highest BCUT2D eigenvalue weighted by Crippen LogP contribution is 2.25. The number of aromatic hydroxyl groups is 1. The standard InChI is InChI=1S/C31H30ClN3O3/c1-21-16-23(4-8-26(36)18-22-5-9-27(38-2)10-6-22)17-24(31(21)37)20-33-13-3-14-34-29-12-15-35-30-19-25(32)7-11-28(29)30/h4-12,15-17,19-20,37H,3,13-14,18H2,1-2H3,(H,34,35)/b8-4+,33-20?.